The summed E-state index contributed by atoms with van der Waals surface area (Å²) in [5.74, 6) is 0.553. The highest BCUT2D eigenvalue weighted by molar-refractivity contribution is 8.93. The van der Waals surface area contributed by atoms with Crippen LogP contribution in [0.3, 0.4) is 0 Å². The predicted octanol–water partition coefficient (Wildman–Crippen LogP) is 6.71. The summed E-state index contributed by atoms with van der Waals surface area (Å²) < 4.78 is 6.78. The Morgan fingerprint density at radius 2 is 1.47 bits per heavy atom. The third-order valence-electron chi connectivity index (χ3n) is 6.95. The number of halogens is 1. The molecule has 210 valence electrons. The molecule has 2 rings (SSSR count). The molecule has 0 aliphatic carbocycles. The van der Waals surface area contributed by atoms with Crippen molar-refractivity contribution in [1.29, 1.82) is 0 Å². The van der Waals surface area contributed by atoms with Gasteiger partial charge in [0.2, 0.25) is 0 Å². The van der Waals surface area contributed by atoms with Gasteiger partial charge in [-0.25, -0.2) is 0 Å². The van der Waals surface area contributed by atoms with Crippen LogP contribution in [-0.2, 0) is 0 Å². The molecule has 0 atom stereocenters. The molecule has 0 radical (unpaired) electrons. The Morgan fingerprint density at radius 3 is 2.08 bits per heavy atom. The summed E-state index contributed by atoms with van der Waals surface area (Å²) in [6.45, 7) is 10.4. The fraction of sp³-hybridized carbons (Fsp3) is 0.759. The molecular formula is C29H53BrN2O4. The number of aliphatic hydroxyl groups is 1. The number of hydrogen-bond donors (Lipinski definition) is 2. The largest absolute Gasteiger partial charge is 0.530 e. The van der Waals surface area contributed by atoms with Gasteiger partial charge in [-0.1, -0.05) is 77.3 Å². The molecule has 1 fully saturated rings. The van der Waals surface area contributed by atoms with Crippen LogP contribution in [0.2, 0.25) is 0 Å². The predicted molar refractivity (Wildman–Crippen MR) is 154 cm³/mol. The van der Waals surface area contributed by atoms with Crippen LogP contribution in [-0.4, -0.2) is 55.1 Å². The lowest BCUT2D eigenvalue weighted by atomic mass is 10.1. The number of aliphatic hydroxyl groups excluding tert-OH is 1. The topological polar surface area (TPSA) is 81.6 Å². The van der Waals surface area contributed by atoms with Crippen molar-refractivity contribution in [1.82, 2.24) is 0 Å². The fourth-order valence-corrected chi connectivity index (χ4v) is 4.88. The molecular weight excluding hydrogens is 520 g/mol. The van der Waals surface area contributed by atoms with Crippen LogP contribution in [0, 0.1) is 0 Å². The van der Waals surface area contributed by atoms with Gasteiger partial charge in [-0.15, -0.1) is 17.0 Å². The van der Waals surface area contributed by atoms with Gasteiger partial charge in [0.05, 0.1) is 38.5 Å². The quantitative estimate of drug-likeness (QED) is 0.160. The summed E-state index contributed by atoms with van der Waals surface area (Å²) >= 11 is 0. The third kappa shape index (κ3) is 16.4. The van der Waals surface area contributed by atoms with Crippen LogP contribution in [0.25, 0.3) is 0 Å². The Bertz CT molecular complexity index is 648. The summed E-state index contributed by atoms with van der Waals surface area (Å²) in [6.07, 6.45) is 17.0. The summed E-state index contributed by atoms with van der Waals surface area (Å²) in [7, 11) is 0. The van der Waals surface area contributed by atoms with Crippen LogP contribution in [0.5, 0.6) is 5.75 Å². The number of anilines is 1. The van der Waals surface area contributed by atoms with Crippen molar-refractivity contribution in [2.75, 3.05) is 44.7 Å². The highest BCUT2D eigenvalue weighted by atomic mass is 79.9. The lowest BCUT2D eigenvalue weighted by Gasteiger charge is -2.41. The van der Waals surface area contributed by atoms with Crippen LogP contribution in [0.1, 0.15) is 104 Å². The lowest BCUT2D eigenvalue weighted by Crippen LogP contribution is -2.53. The van der Waals surface area contributed by atoms with E-state index in [0.29, 0.717) is 24.7 Å². The number of quaternary nitrogens is 1. The van der Waals surface area contributed by atoms with Gasteiger partial charge in [-0.3, -0.25) is 0 Å². The second kappa shape index (κ2) is 22.9. The Labute approximate surface area is 231 Å². The summed E-state index contributed by atoms with van der Waals surface area (Å²) in [5.41, 5.74) is 0.436. The van der Waals surface area contributed by atoms with E-state index in [2.05, 4.69) is 19.2 Å². The van der Waals surface area contributed by atoms with Crippen molar-refractivity contribution in [2.24, 2.45) is 0 Å². The fourth-order valence-electron chi connectivity index (χ4n) is 4.88. The van der Waals surface area contributed by atoms with Gasteiger partial charge in [0.1, 0.15) is 18.4 Å². The summed E-state index contributed by atoms with van der Waals surface area (Å²) in [4.78, 5) is 10.5. The van der Waals surface area contributed by atoms with Crippen molar-refractivity contribution < 1.29 is 24.2 Å². The second-order valence-electron chi connectivity index (χ2n) is 9.96. The van der Waals surface area contributed by atoms with Crippen LogP contribution in [0.15, 0.2) is 24.3 Å². The highest BCUT2D eigenvalue weighted by Gasteiger charge is 2.28. The van der Waals surface area contributed by atoms with Crippen molar-refractivity contribution in [3.05, 3.63) is 24.3 Å². The molecule has 1 aliphatic rings. The number of nitrogens with one attached hydrogen (secondary N) is 1. The molecule has 1 aromatic carbocycles. The molecule has 7 heteroatoms. The molecule has 0 saturated carbocycles. The molecule has 36 heavy (non-hydrogen) atoms. The van der Waals surface area contributed by atoms with Gasteiger partial charge in [-0.2, -0.15) is 0 Å². The third-order valence-corrected chi connectivity index (χ3v) is 6.95. The minimum absolute atomic E-state index is 0. The number of ether oxygens (including phenoxy) is 1. The Kier molecular flexibility index (Phi) is 22.0. The van der Waals surface area contributed by atoms with Crippen molar-refractivity contribution >= 4 is 28.8 Å². The van der Waals surface area contributed by atoms with E-state index >= 15 is 0 Å². The van der Waals surface area contributed by atoms with Crippen LogP contribution < -0.4 is 15.2 Å². The van der Waals surface area contributed by atoms with Crippen molar-refractivity contribution in [2.45, 2.75) is 104 Å². The van der Waals surface area contributed by atoms with E-state index in [1.165, 1.54) is 101 Å². The minimum atomic E-state index is -1.33. The zero-order valence-corrected chi connectivity index (χ0v) is 24.7. The first kappa shape index (κ1) is 34.7. The van der Waals surface area contributed by atoms with E-state index in [9.17, 15) is 15.0 Å². The number of rotatable bonds is 17. The number of carbonyl (C=O) groups is 1. The maximum Gasteiger partial charge on any atom is 0.142 e. The smallest absolute Gasteiger partial charge is 0.142 e. The Balaban J connectivity index is 0.000000663. The van der Waals surface area contributed by atoms with Crippen molar-refractivity contribution in [3.63, 3.8) is 0 Å². The van der Waals surface area contributed by atoms with Crippen LogP contribution >= 0.6 is 17.0 Å². The number of carboxylic acid groups (broad SMARTS) is 1. The first-order valence-corrected chi connectivity index (χ1v) is 14.2. The first-order valence-electron chi connectivity index (χ1n) is 14.2. The summed E-state index contributed by atoms with van der Waals surface area (Å²) in [5, 5.41) is 21.9. The van der Waals surface area contributed by atoms with Gasteiger partial charge >= 0.3 is 0 Å². The molecule has 2 N–H and O–H groups in total. The molecule has 1 aromatic rings. The number of benzene rings is 1. The number of unbranched alkanes of at least 4 members (excludes halogenated alkanes) is 9. The van der Waals surface area contributed by atoms with Crippen LogP contribution in [0.4, 0.5) is 10.5 Å². The molecule has 6 nitrogen and oxygen atoms in total. The molecule has 0 spiro atoms. The average molecular weight is 574 g/mol. The van der Waals surface area contributed by atoms with E-state index in [1.807, 2.05) is 6.07 Å². The first-order chi connectivity index (χ1) is 17.1. The SMILES string of the molecule is Br.CCCCCCCC[N+]1(CCO)CCCCC1.CCCCCCCOc1ccccc1NC(=O)[O-]. The second-order valence-corrected chi connectivity index (χ2v) is 9.96. The van der Waals surface area contributed by atoms with E-state index in [4.69, 9.17) is 4.74 Å². The number of para-hydroxylation sites is 2. The van der Waals surface area contributed by atoms with E-state index in [1.54, 1.807) is 18.2 Å². The lowest BCUT2D eigenvalue weighted by molar-refractivity contribution is -0.932. The van der Waals surface area contributed by atoms with Gasteiger partial charge in [0.15, 0.2) is 0 Å². The van der Waals surface area contributed by atoms with E-state index in [0.717, 1.165) is 19.4 Å². The zero-order valence-electron chi connectivity index (χ0n) is 23.0. The number of likely N-dealkylation sites (tertiary alicyclic amines) is 1. The average Bonchev–Trinajstić information content (AvgIpc) is 2.85. The van der Waals surface area contributed by atoms with E-state index < -0.39 is 6.09 Å². The summed E-state index contributed by atoms with van der Waals surface area (Å²) in [6, 6.07) is 6.96. The maximum atomic E-state index is 10.5. The van der Waals surface area contributed by atoms with Gasteiger partial charge in [0, 0.05) is 0 Å². The number of piperidine rings is 1. The Hall–Kier alpha value is -1.31. The number of hydrogen-bond acceptors (Lipinski definition) is 4. The van der Waals surface area contributed by atoms with Gasteiger partial charge in [-0.05, 0) is 50.7 Å². The number of carbonyl (C=O) groups excluding carboxylic acids is 1. The maximum absolute atomic E-state index is 10.5. The van der Waals surface area contributed by atoms with E-state index in [-0.39, 0.29) is 17.0 Å². The van der Waals surface area contributed by atoms with Crippen molar-refractivity contribution in [3.8, 4) is 5.75 Å². The highest BCUT2D eigenvalue weighted by Crippen LogP contribution is 2.24. The molecule has 1 amide bonds. The zero-order chi connectivity index (χ0) is 25.6. The van der Waals surface area contributed by atoms with Gasteiger partial charge in [0.25, 0.3) is 0 Å². The number of nitrogens with zero attached hydrogens (tertiary/aromatic N) is 1. The minimum Gasteiger partial charge on any atom is -0.530 e. The number of amides is 1. The molecule has 1 saturated heterocycles. The molecule has 1 aliphatic heterocycles. The molecule has 0 unspecified atom stereocenters. The molecule has 0 aromatic heterocycles. The Morgan fingerprint density at radius 1 is 0.889 bits per heavy atom. The normalized spacial score (nSPS) is 14.2. The monoisotopic (exact) mass is 572 g/mol. The standard InChI is InChI=1S/C15H32NO.C14H21NO3.BrH/c1-2-3-4-5-6-8-11-16(14-15-17)12-9-7-10-13-16;1-2-3-4-5-8-11-18-13-10-7-6-9-12(13)15-14(16)17;/h17H,2-15H2,1H3;6-7,9-10,15H,2-5,8,11H2,1H3,(H,16,17);1H/q+1;;/p-1. The molecule has 1 heterocycles. The molecule has 0 bridgehead atoms. The van der Waals surface area contributed by atoms with Gasteiger partial charge < -0.3 is 29.5 Å².